The number of hydrogen-bond acceptors (Lipinski definition) is 3. The molecule has 3 rings (SSSR count). The van der Waals surface area contributed by atoms with Crippen molar-refractivity contribution in [2.24, 2.45) is 10.5 Å². The highest BCUT2D eigenvalue weighted by atomic mass is 16.2. The molecule has 0 radical (unpaired) electrons. The number of nitrogens with one attached hydrogen (secondary N) is 1. The summed E-state index contributed by atoms with van der Waals surface area (Å²) in [5, 5.41) is 9.81. The van der Waals surface area contributed by atoms with Crippen molar-refractivity contribution >= 4 is 11.6 Å². The molecule has 1 N–H and O–H groups in total. The van der Waals surface area contributed by atoms with E-state index in [0.717, 1.165) is 16.8 Å². The largest absolute Gasteiger partial charge is 0.358 e. The molecule has 2 aliphatic rings. The number of carbonyl (C=O) groups is 1. The monoisotopic (exact) mass is 375 g/mol. The smallest absolute Gasteiger partial charge is 0.231 e. The van der Waals surface area contributed by atoms with Crippen molar-refractivity contribution in [3.63, 3.8) is 0 Å². The number of hydrogen-bond donors (Lipinski definition) is 1. The first-order valence-electron chi connectivity index (χ1n) is 9.76. The van der Waals surface area contributed by atoms with Crippen LogP contribution in [0.5, 0.6) is 0 Å². The fourth-order valence-corrected chi connectivity index (χ4v) is 3.92. The first-order chi connectivity index (χ1) is 13.4. The number of nitrogens with zero attached hydrogens (tertiary/aromatic N) is 2. The Balaban J connectivity index is 2.11. The average molecular weight is 376 g/mol. The van der Waals surface area contributed by atoms with Gasteiger partial charge < -0.3 is 5.32 Å². The number of hydrazone groups is 1. The summed E-state index contributed by atoms with van der Waals surface area (Å²) in [6.07, 6.45) is 11.3. The summed E-state index contributed by atoms with van der Waals surface area (Å²) in [5.74, 6) is -0.00293. The summed E-state index contributed by atoms with van der Waals surface area (Å²) in [7, 11) is 1.69. The van der Waals surface area contributed by atoms with Gasteiger partial charge in [0.2, 0.25) is 5.91 Å². The minimum Gasteiger partial charge on any atom is -0.358 e. The van der Waals surface area contributed by atoms with Crippen LogP contribution in [0.15, 0.2) is 82.7 Å². The molecule has 0 aliphatic carbocycles. The summed E-state index contributed by atoms with van der Waals surface area (Å²) in [6, 6.07) is 10.0. The highest BCUT2D eigenvalue weighted by molar-refractivity contribution is 6.16. The number of rotatable bonds is 4. The van der Waals surface area contributed by atoms with Gasteiger partial charge in [0.1, 0.15) is 0 Å². The van der Waals surface area contributed by atoms with E-state index in [4.69, 9.17) is 5.10 Å². The third-order valence-corrected chi connectivity index (χ3v) is 5.42. The molecule has 0 spiro atoms. The van der Waals surface area contributed by atoms with Crippen LogP contribution in [-0.2, 0) is 4.79 Å². The summed E-state index contributed by atoms with van der Waals surface area (Å²) < 4.78 is 0. The highest BCUT2D eigenvalue weighted by Gasteiger charge is 2.45. The summed E-state index contributed by atoms with van der Waals surface area (Å²) in [6.45, 7) is 8.25. The number of fused-ring (bicyclic) bond motifs is 1. The van der Waals surface area contributed by atoms with Gasteiger partial charge in [-0.25, -0.2) is 0 Å². The molecule has 2 unspecified atom stereocenters. The van der Waals surface area contributed by atoms with Gasteiger partial charge in [0.25, 0.3) is 0 Å². The Bertz CT molecular complexity index is 901. The molecule has 0 saturated carbocycles. The summed E-state index contributed by atoms with van der Waals surface area (Å²) in [4.78, 5) is 12.8. The lowest BCUT2D eigenvalue weighted by molar-refractivity contribution is -0.127. The van der Waals surface area contributed by atoms with Crippen LogP contribution in [0.3, 0.4) is 0 Å². The zero-order valence-corrected chi connectivity index (χ0v) is 17.4. The van der Waals surface area contributed by atoms with Crippen molar-refractivity contribution < 1.29 is 4.79 Å². The van der Waals surface area contributed by atoms with E-state index >= 15 is 0 Å². The van der Waals surface area contributed by atoms with E-state index in [1.165, 1.54) is 11.1 Å². The molecule has 2 heterocycles. The van der Waals surface area contributed by atoms with Crippen LogP contribution < -0.4 is 5.32 Å². The molecule has 0 aromatic heterocycles. The zero-order chi connectivity index (χ0) is 20.3. The second kappa shape index (κ2) is 8.01. The number of benzene rings is 1. The zero-order valence-electron chi connectivity index (χ0n) is 17.4. The Morgan fingerprint density at radius 1 is 1.29 bits per heavy atom. The standard InChI is InChI=1S/C24H29N3O/c1-6-10-21(17(2)3)19-13-14-20-15-24(4,23(28)25-5)22(26-27(20)16-19)18-11-8-7-9-12-18/h6-14,16,20H,15H2,1-5H3,(H,25,28). The van der Waals surface area contributed by atoms with Gasteiger partial charge in [0.15, 0.2) is 0 Å². The van der Waals surface area contributed by atoms with Crippen molar-refractivity contribution in [1.29, 1.82) is 0 Å². The quantitative estimate of drug-likeness (QED) is 0.783. The normalized spacial score (nSPS) is 23.8. The molecular weight excluding hydrogens is 346 g/mol. The Morgan fingerprint density at radius 2 is 2.00 bits per heavy atom. The lowest BCUT2D eigenvalue weighted by atomic mass is 9.74. The van der Waals surface area contributed by atoms with E-state index in [0.29, 0.717) is 6.42 Å². The van der Waals surface area contributed by atoms with Crippen molar-refractivity contribution in [3.05, 3.63) is 83.1 Å². The molecule has 2 aliphatic heterocycles. The molecule has 0 fully saturated rings. The number of amides is 1. The van der Waals surface area contributed by atoms with Gasteiger partial charge in [0, 0.05) is 13.2 Å². The molecule has 1 aromatic rings. The predicted molar refractivity (Wildman–Crippen MR) is 116 cm³/mol. The Morgan fingerprint density at radius 3 is 2.61 bits per heavy atom. The van der Waals surface area contributed by atoms with E-state index in [1.807, 2.05) is 49.2 Å². The topological polar surface area (TPSA) is 44.7 Å². The third-order valence-electron chi connectivity index (χ3n) is 5.42. The van der Waals surface area contributed by atoms with Gasteiger partial charge in [-0.3, -0.25) is 9.80 Å². The highest BCUT2D eigenvalue weighted by Crippen LogP contribution is 2.38. The van der Waals surface area contributed by atoms with E-state index in [-0.39, 0.29) is 11.9 Å². The molecule has 2 atom stereocenters. The minimum atomic E-state index is -0.685. The average Bonchev–Trinajstić information content (AvgIpc) is 2.71. The van der Waals surface area contributed by atoms with Crippen LogP contribution in [-0.4, -0.2) is 29.7 Å². The van der Waals surface area contributed by atoms with Crippen LogP contribution in [0.2, 0.25) is 0 Å². The second-order valence-electron chi connectivity index (χ2n) is 7.73. The molecular formula is C24H29N3O. The molecule has 1 aromatic carbocycles. The van der Waals surface area contributed by atoms with Gasteiger partial charge in [-0.05, 0) is 50.8 Å². The van der Waals surface area contributed by atoms with Crippen molar-refractivity contribution in [3.8, 4) is 0 Å². The van der Waals surface area contributed by atoms with Crippen LogP contribution >= 0.6 is 0 Å². The maximum atomic E-state index is 12.8. The first-order valence-corrected chi connectivity index (χ1v) is 9.76. The fraction of sp³-hybridized carbons (Fsp3) is 0.333. The SMILES string of the molecule is CC=CC(C1=CN2N=C(c3ccccc3)C(C)(C(=O)NC)CC2C=C1)=C(C)C. The van der Waals surface area contributed by atoms with Crippen molar-refractivity contribution in [2.45, 2.75) is 40.2 Å². The maximum Gasteiger partial charge on any atom is 0.231 e. The molecule has 28 heavy (non-hydrogen) atoms. The van der Waals surface area contributed by atoms with E-state index in [2.05, 4.69) is 49.7 Å². The Hall–Kier alpha value is -2.88. The van der Waals surface area contributed by atoms with E-state index in [1.54, 1.807) is 7.05 Å². The van der Waals surface area contributed by atoms with Gasteiger partial charge in [-0.1, -0.05) is 60.2 Å². The second-order valence-corrected chi connectivity index (χ2v) is 7.73. The Kier molecular flexibility index (Phi) is 5.68. The number of carbonyl (C=O) groups excluding carboxylic acids is 1. The van der Waals surface area contributed by atoms with Crippen LogP contribution in [0.1, 0.15) is 39.7 Å². The lowest BCUT2D eigenvalue weighted by Crippen LogP contribution is -2.51. The maximum absolute atomic E-state index is 12.8. The van der Waals surface area contributed by atoms with Gasteiger partial charge in [0.05, 0.1) is 17.2 Å². The fourth-order valence-electron chi connectivity index (χ4n) is 3.92. The van der Waals surface area contributed by atoms with Crippen LogP contribution in [0.25, 0.3) is 0 Å². The van der Waals surface area contributed by atoms with Crippen molar-refractivity contribution in [1.82, 2.24) is 10.3 Å². The number of allylic oxidation sites excluding steroid dienone is 6. The van der Waals surface area contributed by atoms with Gasteiger partial charge >= 0.3 is 0 Å². The summed E-state index contributed by atoms with van der Waals surface area (Å²) in [5.41, 5.74) is 4.69. The molecule has 4 nitrogen and oxygen atoms in total. The van der Waals surface area contributed by atoms with Crippen LogP contribution in [0, 0.1) is 5.41 Å². The minimum absolute atomic E-state index is 0.00293. The van der Waals surface area contributed by atoms with E-state index in [9.17, 15) is 4.79 Å². The molecule has 0 saturated heterocycles. The van der Waals surface area contributed by atoms with Crippen molar-refractivity contribution in [2.75, 3.05) is 7.05 Å². The van der Waals surface area contributed by atoms with Gasteiger partial charge in [-0.2, -0.15) is 5.10 Å². The first kappa shape index (κ1) is 19.9. The summed E-state index contributed by atoms with van der Waals surface area (Å²) >= 11 is 0. The van der Waals surface area contributed by atoms with E-state index < -0.39 is 5.41 Å². The molecule has 1 amide bonds. The molecule has 146 valence electrons. The van der Waals surface area contributed by atoms with Gasteiger partial charge in [-0.15, -0.1) is 0 Å². The Labute approximate surface area is 168 Å². The molecule has 4 heteroatoms. The lowest BCUT2D eigenvalue weighted by Gasteiger charge is -2.42. The predicted octanol–water partition coefficient (Wildman–Crippen LogP) is 4.58. The molecule has 0 bridgehead atoms. The van der Waals surface area contributed by atoms with Crippen LogP contribution in [0.4, 0.5) is 0 Å². The third kappa shape index (κ3) is 3.59.